The third-order valence-electron chi connectivity index (χ3n) is 7.06. The Hall–Kier alpha value is -2.55. The van der Waals surface area contributed by atoms with Crippen molar-refractivity contribution < 1.29 is 9.21 Å². The van der Waals surface area contributed by atoms with Crippen LogP contribution in [0.4, 0.5) is 0 Å². The highest BCUT2D eigenvalue weighted by Gasteiger charge is 2.37. The molecule has 8 heteroatoms. The van der Waals surface area contributed by atoms with Gasteiger partial charge in [0, 0.05) is 49.9 Å². The van der Waals surface area contributed by atoms with Crippen LogP contribution in [0.25, 0.3) is 21.0 Å². The van der Waals surface area contributed by atoms with Gasteiger partial charge in [-0.2, -0.15) is 0 Å². The summed E-state index contributed by atoms with van der Waals surface area (Å²) in [7, 11) is 0. The average Bonchev–Trinajstić information content (AvgIpc) is 3.64. The Labute approximate surface area is 207 Å². The Morgan fingerprint density at radius 2 is 1.88 bits per heavy atom. The quantitative estimate of drug-likeness (QED) is 0.361. The van der Waals surface area contributed by atoms with Gasteiger partial charge in [0.1, 0.15) is 0 Å². The zero-order valence-corrected chi connectivity index (χ0v) is 20.7. The van der Waals surface area contributed by atoms with Crippen LogP contribution in [0.5, 0.6) is 0 Å². The second-order valence-electron chi connectivity index (χ2n) is 9.24. The number of carbonyl (C=O) groups excluding carboxylic acids is 1. The molecule has 1 aliphatic heterocycles. The van der Waals surface area contributed by atoms with Crippen molar-refractivity contribution >= 4 is 38.8 Å². The van der Waals surface area contributed by atoms with Crippen LogP contribution in [-0.4, -0.2) is 51.9 Å². The molecule has 3 aromatic heterocycles. The lowest BCUT2D eigenvalue weighted by atomic mass is 9.78. The van der Waals surface area contributed by atoms with Gasteiger partial charge in [0.2, 0.25) is 5.91 Å². The fourth-order valence-corrected chi connectivity index (χ4v) is 7.20. The lowest BCUT2D eigenvalue weighted by molar-refractivity contribution is -0.139. The van der Waals surface area contributed by atoms with Gasteiger partial charge >= 0.3 is 0 Å². The summed E-state index contributed by atoms with van der Waals surface area (Å²) >= 11 is 3.39. The van der Waals surface area contributed by atoms with Crippen molar-refractivity contribution in [3.8, 4) is 10.8 Å². The molecule has 0 bridgehead atoms. The van der Waals surface area contributed by atoms with E-state index in [4.69, 9.17) is 14.4 Å². The summed E-state index contributed by atoms with van der Waals surface area (Å²) in [5, 5.41) is 4.18. The van der Waals surface area contributed by atoms with Gasteiger partial charge in [-0.05, 0) is 37.1 Å². The molecule has 34 heavy (non-hydrogen) atoms. The van der Waals surface area contributed by atoms with Crippen LogP contribution in [0.15, 0.2) is 52.5 Å². The molecule has 1 aromatic carbocycles. The van der Waals surface area contributed by atoms with Crippen LogP contribution in [-0.2, 0) is 11.3 Å². The summed E-state index contributed by atoms with van der Waals surface area (Å²) in [5.74, 6) is 1.47. The predicted octanol–water partition coefficient (Wildman–Crippen LogP) is 5.63. The number of nitrogens with zero attached hydrogens (tertiary/aromatic N) is 4. The second kappa shape index (κ2) is 9.60. The standard InChI is InChI=1S/C26H28N4O2S2/c31-26(20-7-2-1-6-19(20)24-28-21-8-3-4-10-23(21)34-24)30-13-11-29(12-14-30)16-18-17-33-25(27-18)22-9-5-15-32-22/h3-5,8-10,15,17,19-20H,1-2,6-7,11-14,16H2/t19-,20+/m1/s1. The van der Waals surface area contributed by atoms with E-state index in [0.29, 0.717) is 5.91 Å². The lowest BCUT2D eigenvalue weighted by Gasteiger charge is -2.38. The Bertz CT molecular complexity index is 1220. The summed E-state index contributed by atoms with van der Waals surface area (Å²) in [6.07, 6.45) is 6.05. The minimum Gasteiger partial charge on any atom is -0.462 e. The Morgan fingerprint density at radius 1 is 1.03 bits per heavy atom. The molecular formula is C26H28N4O2S2. The topological polar surface area (TPSA) is 62.5 Å². The van der Waals surface area contributed by atoms with Gasteiger partial charge in [0.15, 0.2) is 10.8 Å². The molecule has 2 fully saturated rings. The summed E-state index contributed by atoms with van der Waals surface area (Å²) < 4.78 is 6.69. The molecule has 0 spiro atoms. The van der Waals surface area contributed by atoms with Gasteiger partial charge in [-0.25, -0.2) is 9.97 Å². The van der Waals surface area contributed by atoms with Crippen LogP contribution >= 0.6 is 22.7 Å². The third kappa shape index (κ3) is 4.42. The van der Waals surface area contributed by atoms with Crippen LogP contribution in [0, 0.1) is 5.92 Å². The number of fused-ring (bicyclic) bond motifs is 1. The first kappa shape index (κ1) is 21.9. The predicted molar refractivity (Wildman–Crippen MR) is 136 cm³/mol. The molecule has 4 aromatic rings. The SMILES string of the molecule is O=C([C@H]1CCCC[C@H]1c1nc2ccccc2s1)N1CCN(Cc2csc(-c3ccco3)n2)CC1. The largest absolute Gasteiger partial charge is 0.462 e. The van der Waals surface area contributed by atoms with E-state index in [1.54, 1.807) is 28.9 Å². The number of hydrogen-bond acceptors (Lipinski definition) is 7. The number of piperazine rings is 1. The van der Waals surface area contributed by atoms with E-state index in [1.165, 1.54) is 11.1 Å². The van der Waals surface area contributed by atoms with Gasteiger partial charge in [-0.1, -0.05) is 25.0 Å². The number of hydrogen-bond donors (Lipinski definition) is 0. The number of carbonyl (C=O) groups is 1. The van der Waals surface area contributed by atoms with Crippen molar-refractivity contribution in [1.29, 1.82) is 0 Å². The maximum Gasteiger partial charge on any atom is 0.226 e. The Kier molecular flexibility index (Phi) is 6.20. The lowest BCUT2D eigenvalue weighted by Crippen LogP contribution is -2.51. The summed E-state index contributed by atoms with van der Waals surface area (Å²) in [6, 6.07) is 12.2. The fourth-order valence-electron chi connectivity index (χ4n) is 5.25. The molecule has 1 saturated heterocycles. The zero-order valence-electron chi connectivity index (χ0n) is 19.1. The monoisotopic (exact) mass is 492 g/mol. The van der Waals surface area contributed by atoms with Crippen LogP contribution in [0.2, 0.25) is 0 Å². The molecule has 2 atom stereocenters. The number of para-hydroxylation sites is 1. The maximum absolute atomic E-state index is 13.6. The molecule has 0 radical (unpaired) electrons. The van der Waals surface area contributed by atoms with E-state index in [-0.39, 0.29) is 11.8 Å². The first-order valence-electron chi connectivity index (χ1n) is 12.1. The number of furan rings is 1. The molecule has 4 heterocycles. The highest BCUT2D eigenvalue weighted by molar-refractivity contribution is 7.18. The highest BCUT2D eigenvalue weighted by atomic mass is 32.1. The Balaban J connectivity index is 1.09. The van der Waals surface area contributed by atoms with E-state index in [1.807, 2.05) is 18.2 Å². The van der Waals surface area contributed by atoms with Gasteiger partial charge in [-0.3, -0.25) is 9.69 Å². The summed E-state index contributed by atoms with van der Waals surface area (Å²) in [6.45, 7) is 4.17. The van der Waals surface area contributed by atoms with Gasteiger partial charge in [0.05, 0.1) is 27.2 Å². The van der Waals surface area contributed by atoms with Crippen molar-refractivity contribution in [3.05, 3.63) is 58.7 Å². The first-order chi connectivity index (χ1) is 16.7. The highest BCUT2D eigenvalue weighted by Crippen LogP contribution is 2.41. The van der Waals surface area contributed by atoms with Crippen LogP contribution in [0.3, 0.4) is 0 Å². The van der Waals surface area contributed by atoms with Crippen molar-refractivity contribution in [1.82, 2.24) is 19.8 Å². The van der Waals surface area contributed by atoms with E-state index in [2.05, 4.69) is 33.4 Å². The molecule has 1 saturated carbocycles. The van der Waals surface area contributed by atoms with Crippen molar-refractivity contribution in [2.45, 2.75) is 38.1 Å². The maximum atomic E-state index is 13.6. The summed E-state index contributed by atoms with van der Waals surface area (Å²) in [4.78, 5) is 27.8. The molecule has 6 rings (SSSR count). The number of amides is 1. The molecule has 1 amide bonds. The van der Waals surface area contributed by atoms with Crippen molar-refractivity contribution in [2.75, 3.05) is 26.2 Å². The third-order valence-corrected chi connectivity index (χ3v) is 9.14. The first-order valence-corrected chi connectivity index (χ1v) is 13.8. The number of aromatic nitrogens is 2. The fraction of sp³-hybridized carbons (Fsp3) is 0.423. The number of rotatable bonds is 5. The van der Waals surface area contributed by atoms with Crippen LogP contribution < -0.4 is 0 Å². The second-order valence-corrected chi connectivity index (χ2v) is 11.2. The van der Waals surface area contributed by atoms with E-state index < -0.39 is 0 Å². The van der Waals surface area contributed by atoms with E-state index >= 15 is 0 Å². The van der Waals surface area contributed by atoms with Gasteiger partial charge in [-0.15, -0.1) is 22.7 Å². The van der Waals surface area contributed by atoms with E-state index in [9.17, 15) is 4.79 Å². The molecule has 6 nitrogen and oxygen atoms in total. The Morgan fingerprint density at radius 3 is 2.71 bits per heavy atom. The number of thiazole rings is 2. The minimum atomic E-state index is 0.0651. The van der Waals surface area contributed by atoms with Crippen LogP contribution in [0.1, 0.15) is 42.3 Å². The van der Waals surface area contributed by atoms with Crippen molar-refractivity contribution in [2.24, 2.45) is 5.92 Å². The average molecular weight is 493 g/mol. The minimum absolute atomic E-state index is 0.0651. The smallest absolute Gasteiger partial charge is 0.226 e. The molecule has 0 N–H and O–H groups in total. The zero-order chi connectivity index (χ0) is 22.9. The molecule has 176 valence electrons. The van der Waals surface area contributed by atoms with E-state index in [0.717, 1.165) is 79.0 Å². The molecule has 1 aliphatic carbocycles. The molecular weight excluding hydrogens is 464 g/mol. The normalized spacial score (nSPS) is 21.8. The molecule has 2 aliphatic rings. The van der Waals surface area contributed by atoms with Gasteiger partial charge < -0.3 is 9.32 Å². The molecule has 0 unspecified atom stereocenters. The number of benzene rings is 1. The van der Waals surface area contributed by atoms with Crippen molar-refractivity contribution in [3.63, 3.8) is 0 Å². The van der Waals surface area contributed by atoms with Gasteiger partial charge in [0.25, 0.3) is 0 Å². The summed E-state index contributed by atoms with van der Waals surface area (Å²) in [5.41, 5.74) is 2.13.